The van der Waals surface area contributed by atoms with Gasteiger partial charge >= 0.3 is 0 Å². The maximum absolute atomic E-state index is 13.3. The van der Waals surface area contributed by atoms with Crippen molar-refractivity contribution in [1.82, 2.24) is 9.29 Å². The molecule has 1 aromatic heterocycles. The van der Waals surface area contributed by atoms with Gasteiger partial charge in [-0.1, -0.05) is 43.3 Å². The van der Waals surface area contributed by atoms with Gasteiger partial charge in [-0.2, -0.15) is 4.31 Å². The molecule has 6 nitrogen and oxygen atoms in total. The van der Waals surface area contributed by atoms with Gasteiger partial charge in [-0.3, -0.25) is 4.98 Å². The summed E-state index contributed by atoms with van der Waals surface area (Å²) in [5.41, 5.74) is 1.37. The van der Waals surface area contributed by atoms with Crippen molar-refractivity contribution in [1.29, 1.82) is 0 Å². The van der Waals surface area contributed by atoms with Crippen LogP contribution < -0.4 is 0 Å². The quantitative estimate of drug-likeness (QED) is 0.574. The molecule has 29 heavy (non-hydrogen) atoms. The van der Waals surface area contributed by atoms with E-state index in [0.29, 0.717) is 5.69 Å². The molecule has 1 heterocycles. The summed E-state index contributed by atoms with van der Waals surface area (Å²) >= 11 is 0. The lowest BCUT2D eigenvalue weighted by molar-refractivity contribution is 0.412. The van der Waals surface area contributed by atoms with Crippen LogP contribution in [0.2, 0.25) is 0 Å². The first-order chi connectivity index (χ1) is 13.8. The lowest BCUT2D eigenvalue weighted by Gasteiger charge is -2.27. The molecule has 0 radical (unpaired) electrons. The van der Waals surface area contributed by atoms with Gasteiger partial charge in [0.2, 0.25) is 10.0 Å². The van der Waals surface area contributed by atoms with Gasteiger partial charge in [0, 0.05) is 13.2 Å². The van der Waals surface area contributed by atoms with Gasteiger partial charge in [-0.25, -0.2) is 16.8 Å². The fraction of sp³-hybridized carbons (Fsp3) is 0.190. The number of sulfone groups is 1. The van der Waals surface area contributed by atoms with Crippen LogP contribution in [0.15, 0.2) is 88.8 Å². The lowest BCUT2D eigenvalue weighted by atomic mass is 10.0. The molecule has 8 heteroatoms. The summed E-state index contributed by atoms with van der Waals surface area (Å²) in [5, 5.41) is 0. The van der Waals surface area contributed by atoms with E-state index < -0.39 is 25.9 Å². The minimum absolute atomic E-state index is 0.0203. The number of nitrogens with zero attached hydrogens (tertiary/aromatic N) is 2. The second kappa shape index (κ2) is 8.44. The Balaban J connectivity index is 2.04. The van der Waals surface area contributed by atoms with E-state index in [9.17, 15) is 16.8 Å². The van der Waals surface area contributed by atoms with Gasteiger partial charge in [0.05, 0.1) is 27.3 Å². The predicted octanol–water partition coefficient (Wildman–Crippen LogP) is 3.29. The second-order valence-corrected chi connectivity index (χ2v) is 10.7. The van der Waals surface area contributed by atoms with Crippen molar-refractivity contribution >= 4 is 19.9 Å². The fourth-order valence-corrected chi connectivity index (χ4v) is 5.23. The number of aromatic nitrogens is 1. The summed E-state index contributed by atoms with van der Waals surface area (Å²) < 4.78 is 51.9. The van der Waals surface area contributed by atoms with Crippen LogP contribution in [0, 0.1) is 0 Å². The van der Waals surface area contributed by atoms with E-state index in [1.54, 1.807) is 25.3 Å². The van der Waals surface area contributed by atoms with Crippen molar-refractivity contribution in [2.45, 2.75) is 22.8 Å². The second-order valence-electron chi connectivity index (χ2n) is 6.46. The van der Waals surface area contributed by atoms with Gasteiger partial charge < -0.3 is 0 Å². The van der Waals surface area contributed by atoms with E-state index in [4.69, 9.17) is 0 Å². The summed E-state index contributed by atoms with van der Waals surface area (Å²) in [6.45, 7) is 1.55. The molecule has 0 saturated heterocycles. The molecule has 0 N–H and O–H groups in total. The Morgan fingerprint density at radius 2 is 1.41 bits per heavy atom. The van der Waals surface area contributed by atoms with E-state index in [2.05, 4.69) is 4.98 Å². The van der Waals surface area contributed by atoms with Crippen LogP contribution >= 0.6 is 0 Å². The van der Waals surface area contributed by atoms with Crippen molar-refractivity contribution in [3.05, 3.63) is 90.3 Å². The Bertz CT molecular complexity index is 1120. The number of hydrogen-bond donors (Lipinski definition) is 0. The summed E-state index contributed by atoms with van der Waals surface area (Å²) in [5.74, 6) is -0.0469. The highest BCUT2D eigenvalue weighted by atomic mass is 32.2. The topological polar surface area (TPSA) is 84.4 Å². The first-order valence-electron chi connectivity index (χ1n) is 9.04. The maximum Gasteiger partial charge on any atom is 0.243 e. The number of hydrogen-bond acceptors (Lipinski definition) is 5. The molecule has 0 aliphatic rings. The number of pyridine rings is 1. The molecule has 152 valence electrons. The standard InChI is InChI=1S/C21H22N2O4S2/c1-3-28(24,25)18-12-14-19(15-13-18)29(26,27)23(2)21(17-9-5-4-6-10-17)20-11-7-8-16-22-20/h4-16,21H,3H2,1-2H3. The lowest BCUT2D eigenvalue weighted by Crippen LogP contribution is -2.32. The van der Waals surface area contributed by atoms with Crippen LogP contribution in [-0.4, -0.2) is 38.9 Å². The van der Waals surface area contributed by atoms with Gasteiger partial charge in [0.1, 0.15) is 0 Å². The number of benzene rings is 2. The minimum Gasteiger partial charge on any atom is -0.259 e. The highest BCUT2D eigenvalue weighted by molar-refractivity contribution is 7.91. The molecule has 0 aliphatic carbocycles. The molecule has 0 bridgehead atoms. The van der Waals surface area contributed by atoms with Crippen LogP contribution in [0.3, 0.4) is 0 Å². The number of rotatable bonds is 7. The molecule has 2 aromatic carbocycles. The first-order valence-corrected chi connectivity index (χ1v) is 12.1. The Labute approximate surface area is 171 Å². The third kappa shape index (κ3) is 4.39. The first kappa shape index (κ1) is 21.2. The molecular formula is C21H22N2O4S2. The zero-order valence-corrected chi connectivity index (χ0v) is 17.8. The summed E-state index contributed by atoms with van der Waals surface area (Å²) in [6.07, 6.45) is 1.62. The molecule has 1 atom stereocenters. The SMILES string of the molecule is CCS(=O)(=O)c1ccc(S(=O)(=O)N(C)C(c2ccccc2)c2ccccn2)cc1. The highest BCUT2D eigenvalue weighted by Gasteiger charge is 2.31. The zero-order chi connectivity index (χ0) is 21.1. The van der Waals surface area contributed by atoms with Crippen LogP contribution in [0.1, 0.15) is 24.2 Å². The van der Waals surface area contributed by atoms with E-state index in [-0.39, 0.29) is 15.5 Å². The van der Waals surface area contributed by atoms with E-state index in [1.807, 2.05) is 36.4 Å². The third-order valence-corrected chi connectivity index (χ3v) is 8.27. The normalized spacial score (nSPS) is 13.3. The van der Waals surface area contributed by atoms with E-state index in [1.165, 1.54) is 35.6 Å². The summed E-state index contributed by atoms with van der Waals surface area (Å²) in [6, 6.07) is 19.3. The molecule has 3 aromatic rings. The Kier molecular flexibility index (Phi) is 6.16. The predicted molar refractivity (Wildman–Crippen MR) is 112 cm³/mol. The Hall–Kier alpha value is -2.55. The fourth-order valence-electron chi connectivity index (χ4n) is 3.03. The van der Waals surface area contributed by atoms with Crippen LogP contribution in [0.4, 0.5) is 0 Å². The molecule has 0 saturated carbocycles. The third-order valence-electron chi connectivity index (χ3n) is 4.69. The van der Waals surface area contributed by atoms with Crippen molar-refractivity contribution in [2.24, 2.45) is 0 Å². The molecule has 0 aliphatic heterocycles. The smallest absolute Gasteiger partial charge is 0.243 e. The van der Waals surface area contributed by atoms with E-state index >= 15 is 0 Å². The largest absolute Gasteiger partial charge is 0.259 e. The molecule has 3 rings (SSSR count). The number of sulfonamides is 1. The van der Waals surface area contributed by atoms with E-state index in [0.717, 1.165) is 5.56 Å². The monoisotopic (exact) mass is 430 g/mol. The molecular weight excluding hydrogens is 408 g/mol. The molecule has 0 spiro atoms. The van der Waals surface area contributed by atoms with Crippen molar-refractivity contribution in [3.8, 4) is 0 Å². The highest BCUT2D eigenvalue weighted by Crippen LogP contribution is 2.31. The Morgan fingerprint density at radius 3 is 1.97 bits per heavy atom. The Morgan fingerprint density at radius 1 is 0.828 bits per heavy atom. The minimum atomic E-state index is -3.90. The average molecular weight is 431 g/mol. The van der Waals surface area contributed by atoms with Crippen LogP contribution in [-0.2, 0) is 19.9 Å². The van der Waals surface area contributed by atoms with Crippen molar-refractivity contribution < 1.29 is 16.8 Å². The zero-order valence-electron chi connectivity index (χ0n) is 16.1. The van der Waals surface area contributed by atoms with Crippen LogP contribution in [0.5, 0.6) is 0 Å². The van der Waals surface area contributed by atoms with Crippen molar-refractivity contribution in [2.75, 3.05) is 12.8 Å². The van der Waals surface area contributed by atoms with Crippen LogP contribution in [0.25, 0.3) is 0 Å². The van der Waals surface area contributed by atoms with Gasteiger partial charge in [-0.15, -0.1) is 0 Å². The van der Waals surface area contributed by atoms with Crippen molar-refractivity contribution in [3.63, 3.8) is 0 Å². The molecule has 1 unspecified atom stereocenters. The average Bonchev–Trinajstić information content (AvgIpc) is 2.75. The van der Waals surface area contributed by atoms with Gasteiger partial charge in [0.15, 0.2) is 9.84 Å². The summed E-state index contributed by atoms with van der Waals surface area (Å²) in [7, 11) is -5.81. The molecule has 0 amide bonds. The van der Waals surface area contributed by atoms with Gasteiger partial charge in [-0.05, 0) is 42.0 Å². The molecule has 0 fully saturated rings. The summed E-state index contributed by atoms with van der Waals surface area (Å²) in [4.78, 5) is 4.48. The maximum atomic E-state index is 13.3. The van der Waals surface area contributed by atoms with Gasteiger partial charge in [0.25, 0.3) is 0 Å².